The summed E-state index contributed by atoms with van der Waals surface area (Å²) in [5.41, 5.74) is 4.29. The number of nitrogens with zero attached hydrogens (tertiary/aromatic N) is 1. The van der Waals surface area contributed by atoms with Gasteiger partial charge in [-0.15, -0.1) is 0 Å². The monoisotopic (exact) mass is 528 g/mol. The highest BCUT2D eigenvalue weighted by atomic mass is 35.5. The average molecular weight is 529 g/mol. The van der Waals surface area contributed by atoms with Crippen LogP contribution in [-0.4, -0.2) is 37.7 Å². The van der Waals surface area contributed by atoms with E-state index in [4.69, 9.17) is 32.7 Å². The molecule has 0 aliphatic heterocycles. The Morgan fingerprint density at radius 2 is 1.64 bits per heavy atom. The Labute approximate surface area is 217 Å². The number of hydrazone groups is 1. The van der Waals surface area contributed by atoms with Crippen LogP contribution in [0.4, 0.5) is 11.4 Å². The van der Waals surface area contributed by atoms with Crippen LogP contribution < -0.4 is 25.5 Å². The van der Waals surface area contributed by atoms with Crippen molar-refractivity contribution in [1.29, 1.82) is 0 Å². The minimum absolute atomic E-state index is 0.105. The van der Waals surface area contributed by atoms with E-state index in [1.54, 1.807) is 36.4 Å². The van der Waals surface area contributed by atoms with Crippen LogP contribution in [0.3, 0.4) is 0 Å². The standard InChI is InChI=1S/C25H22Cl2N4O5/c1-15-7-3-4-10-18(15)29-21(32)14-36-23-16(8-5-12-20(23)35-2)13-28-31-25(34)24(33)30-19-11-6-9-17(26)22(19)27/h3-13H,14H2,1-2H3,(H,29,32)(H,30,33)(H,31,34)/b28-13-. The summed E-state index contributed by atoms with van der Waals surface area (Å²) in [5, 5.41) is 9.27. The van der Waals surface area contributed by atoms with Gasteiger partial charge >= 0.3 is 11.8 Å². The first-order valence-corrected chi connectivity index (χ1v) is 11.3. The third-order valence-corrected chi connectivity index (χ3v) is 5.59. The Hall–Kier alpha value is -4.08. The molecule has 0 bridgehead atoms. The zero-order valence-electron chi connectivity index (χ0n) is 19.3. The van der Waals surface area contributed by atoms with Gasteiger partial charge in [-0.25, -0.2) is 5.43 Å². The molecule has 36 heavy (non-hydrogen) atoms. The van der Waals surface area contributed by atoms with Gasteiger partial charge in [0.1, 0.15) is 0 Å². The molecule has 0 radical (unpaired) electrons. The van der Waals surface area contributed by atoms with Crippen molar-refractivity contribution in [2.75, 3.05) is 24.4 Å². The molecule has 0 aliphatic rings. The maximum Gasteiger partial charge on any atom is 0.329 e. The summed E-state index contributed by atoms with van der Waals surface area (Å²) in [4.78, 5) is 36.7. The van der Waals surface area contributed by atoms with Crippen LogP contribution >= 0.6 is 23.2 Å². The van der Waals surface area contributed by atoms with E-state index < -0.39 is 11.8 Å². The predicted octanol–water partition coefficient (Wildman–Crippen LogP) is 4.42. The van der Waals surface area contributed by atoms with Gasteiger partial charge in [-0.1, -0.05) is 53.5 Å². The first-order chi connectivity index (χ1) is 17.3. The highest BCUT2D eigenvalue weighted by Crippen LogP contribution is 2.30. The number of anilines is 2. The summed E-state index contributed by atoms with van der Waals surface area (Å²) in [5.74, 6) is -1.82. The van der Waals surface area contributed by atoms with Crippen molar-refractivity contribution in [1.82, 2.24) is 5.43 Å². The van der Waals surface area contributed by atoms with E-state index in [9.17, 15) is 14.4 Å². The topological polar surface area (TPSA) is 118 Å². The number of methoxy groups -OCH3 is 1. The number of para-hydroxylation sites is 2. The van der Waals surface area contributed by atoms with E-state index >= 15 is 0 Å². The second-order valence-electron chi connectivity index (χ2n) is 7.29. The maximum atomic E-state index is 12.4. The molecule has 3 aromatic carbocycles. The highest BCUT2D eigenvalue weighted by Gasteiger charge is 2.16. The van der Waals surface area contributed by atoms with Crippen LogP contribution in [0.2, 0.25) is 10.0 Å². The van der Waals surface area contributed by atoms with Gasteiger partial charge in [0, 0.05) is 11.3 Å². The maximum absolute atomic E-state index is 12.4. The minimum atomic E-state index is -1.04. The lowest BCUT2D eigenvalue weighted by molar-refractivity contribution is -0.136. The number of carbonyl (C=O) groups is 3. The molecule has 0 fully saturated rings. The van der Waals surface area contributed by atoms with Gasteiger partial charge in [0.05, 0.1) is 29.1 Å². The molecule has 0 spiro atoms. The molecule has 9 nitrogen and oxygen atoms in total. The predicted molar refractivity (Wildman–Crippen MR) is 139 cm³/mol. The number of aryl methyl sites for hydroxylation is 1. The lowest BCUT2D eigenvalue weighted by Gasteiger charge is -2.13. The molecular weight excluding hydrogens is 507 g/mol. The number of hydrogen-bond acceptors (Lipinski definition) is 6. The number of amides is 3. The number of benzene rings is 3. The average Bonchev–Trinajstić information content (AvgIpc) is 2.87. The summed E-state index contributed by atoms with van der Waals surface area (Å²) in [6.45, 7) is 1.58. The highest BCUT2D eigenvalue weighted by molar-refractivity contribution is 6.45. The summed E-state index contributed by atoms with van der Waals surface area (Å²) in [6.07, 6.45) is 1.26. The number of hydrogen-bond donors (Lipinski definition) is 3. The van der Waals surface area contributed by atoms with E-state index in [-0.39, 0.29) is 34.0 Å². The largest absolute Gasteiger partial charge is 0.493 e. The number of nitrogens with one attached hydrogen (secondary N) is 3. The summed E-state index contributed by atoms with van der Waals surface area (Å²) in [6, 6.07) is 16.9. The fourth-order valence-corrected chi connectivity index (χ4v) is 3.33. The van der Waals surface area contributed by atoms with Crippen molar-refractivity contribution in [2.45, 2.75) is 6.92 Å². The van der Waals surface area contributed by atoms with Gasteiger partial charge in [-0.05, 0) is 42.8 Å². The zero-order valence-corrected chi connectivity index (χ0v) is 20.8. The molecular formula is C25H22Cl2N4O5. The number of ether oxygens (including phenoxy) is 2. The SMILES string of the molecule is COc1cccc(/C=N\NC(=O)C(=O)Nc2cccc(Cl)c2Cl)c1OCC(=O)Nc1ccccc1C. The minimum Gasteiger partial charge on any atom is -0.493 e. The summed E-state index contributed by atoms with van der Waals surface area (Å²) in [7, 11) is 1.45. The van der Waals surface area contributed by atoms with Crippen molar-refractivity contribution in [3.05, 3.63) is 81.8 Å². The van der Waals surface area contributed by atoms with Crippen molar-refractivity contribution < 1.29 is 23.9 Å². The van der Waals surface area contributed by atoms with E-state index in [2.05, 4.69) is 21.2 Å². The third-order valence-electron chi connectivity index (χ3n) is 4.77. The molecule has 186 valence electrons. The molecule has 0 aliphatic carbocycles. The molecule has 0 unspecified atom stereocenters. The van der Waals surface area contributed by atoms with Crippen LogP contribution in [0.5, 0.6) is 11.5 Å². The van der Waals surface area contributed by atoms with Crippen LogP contribution in [0, 0.1) is 6.92 Å². The quantitative estimate of drug-likeness (QED) is 0.227. The fraction of sp³-hybridized carbons (Fsp3) is 0.120. The Morgan fingerprint density at radius 3 is 2.39 bits per heavy atom. The number of halogens is 2. The van der Waals surface area contributed by atoms with Gasteiger partial charge < -0.3 is 20.1 Å². The molecule has 0 saturated carbocycles. The molecule has 0 atom stereocenters. The van der Waals surface area contributed by atoms with Gasteiger partial charge in [-0.3, -0.25) is 14.4 Å². The molecule has 11 heteroatoms. The number of rotatable bonds is 8. The second kappa shape index (κ2) is 12.6. The van der Waals surface area contributed by atoms with E-state index in [1.165, 1.54) is 19.4 Å². The summed E-state index contributed by atoms with van der Waals surface area (Å²) >= 11 is 11.9. The van der Waals surface area contributed by atoms with E-state index in [0.717, 1.165) is 5.56 Å². The van der Waals surface area contributed by atoms with Gasteiger partial charge in [0.15, 0.2) is 18.1 Å². The smallest absolute Gasteiger partial charge is 0.329 e. The van der Waals surface area contributed by atoms with E-state index in [1.807, 2.05) is 25.1 Å². The molecule has 0 saturated heterocycles. The van der Waals surface area contributed by atoms with Crippen molar-refractivity contribution in [2.24, 2.45) is 5.10 Å². The number of carbonyl (C=O) groups excluding carboxylic acids is 3. The molecule has 0 aromatic heterocycles. The first-order valence-electron chi connectivity index (χ1n) is 10.5. The molecule has 3 aromatic rings. The second-order valence-corrected chi connectivity index (χ2v) is 8.07. The van der Waals surface area contributed by atoms with Crippen LogP contribution in [-0.2, 0) is 14.4 Å². The van der Waals surface area contributed by atoms with Gasteiger partial charge in [0.2, 0.25) is 0 Å². The Kier molecular flexibility index (Phi) is 9.26. The molecule has 0 heterocycles. The summed E-state index contributed by atoms with van der Waals surface area (Å²) < 4.78 is 11.0. The Morgan fingerprint density at radius 1 is 0.917 bits per heavy atom. The van der Waals surface area contributed by atoms with Gasteiger partial charge in [0.25, 0.3) is 5.91 Å². The zero-order chi connectivity index (χ0) is 26.1. The van der Waals surface area contributed by atoms with Crippen LogP contribution in [0.15, 0.2) is 65.8 Å². The third kappa shape index (κ3) is 6.97. The molecule has 3 rings (SSSR count). The lowest BCUT2D eigenvalue weighted by atomic mass is 10.2. The molecule has 3 N–H and O–H groups in total. The molecule has 3 amide bonds. The van der Waals surface area contributed by atoms with Crippen molar-refractivity contribution in [3.8, 4) is 11.5 Å². The Balaban J connectivity index is 1.64. The van der Waals surface area contributed by atoms with Gasteiger partial charge in [-0.2, -0.15) is 5.10 Å². The lowest BCUT2D eigenvalue weighted by Crippen LogP contribution is -2.32. The van der Waals surface area contributed by atoms with Crippen molar-refractivity contribution >= 4 is 58.5 Å². The first kappa shape index (κ1) is 26.5. The normalized spacial score (nSPS) is 10.6. The van der Waals surface area contributed by atoms with Crippen LogP contribution in [0.25, 0.3) is 0 Å². The van der Waals surface area contributed by atoms with E-state index in [0.29, 0.717) is 17.0 Å². The van der Waals surface area contributed by atoms with Crippen molar-refractivity contribution in [3.63, 3.8) is 0 Å². The Bertz CT molecular complexity index is 1310. The van der Waals surface area contributed by atoms with Crippen LogP contribution in [0.1, 0.15) is 11.1 Å². The fourth-order valence-electron chi connectivity index (χ4n) is 2.98.